The Morgan fingerprint density at radius 2 is 1.53 bits per heavy atom. The Bertz CT molecular complexity index is 1330. The van der Waals surface area contributed by atoms with E-state index < -0.39 is 35.5 Å². The van der Waals surface area contributed by atoms with Gasteiger partial charge in [0.2, 0.25) is 5.91 Å². The van der Waals surface area contributed by atoms with Crippen LogP contribution in [0.1, 0.15) is 35.3 Å². The molecule has 208 valence electrons. The molecule has 0 unspecified atom stereocenters. The number of hydrogen-bond acceptors (Lipinski definition) is 4. The van der Waals surface area contributed by atoms with Crippen molar-refractivity contribution in [1.29, 1.82) is 0 Å². The molecule has 1 amide bonds. The van der Waals surface area contributed by atoms with E-state index in [2.05, 4.69) is 4.90 Å². The Kier molecular flexibility index (Phi) is 9.73. The number of primary amides is 1. The Hall–Kier alpha value is -3.81. The molecule has 0 aliphatic rings. The van der Waals surface area contributed by atoms with Crippen molar-refractivity contribution in [3.05, 3.63) is 69.6 Å². The highest BCUT2D eigenvalue weighted by Gasteiger charge is 2.38. The SMILES string of the molecule is CCN(CC)CCn1c(=O)n(Cc2ccccc2)c2c(C(F)(F)F)cc(C(N)=O)cc21.O=C(O)C(F)(F)F. The fraction of sp³-hybridized carbons (Fsp3) is 0.375. The number of aromatic nitrogens is 2. The molecular formula is C24H26F6N4O4. The average molecular weight is 548 g/mol. The van der Waals surface area contributed by atoms with Gasteiger partial charge in [0, 0.05) is 18.7 Å². The molecule has 0 spiro atoms. The first-order valence-corrected chi connectivity index (χ1v) is 11.3. The first-order valence-electron chi connectivity index (χ1n) is 11.3. The van der Waals surface area contributed by atoms with Crippen molar-refractivity contribution in [2.75, 3.05) is 19.6 Å². The van der Waals surface area contributed by atoms with Crippen LogP contribution in [0.25, 0.3) is 11.0 Å². The number of carbonyl (C=O) groups is 2. The van der Waals surface area contributed by atoms with Gasteiger partial charge in [0.25, 0.3) is 0 Å². The highest BCUT2D eigenvalue weighted by molar-refractivity contribution is 5.97. The molecule has 3 N–H and O–H groups in total. The van der Waals surface area contributed by atoms with Gasteiger partial charge in [-0.25, -0.2) is 9.59 Å². The average Bonchev–Trinajstić information content (AvgIpc) is 3.09. The van der Waals surface area contributed by atoms with Crippen LogP contribution in [-0.2, 0) is 24.1 Å². The van der Waals surface area contributed by atoms with E-state index in [9.17, 15) is 35.9 Å². The number of carboxylic acid groups (broad SMARTS) is 1. The van der Waals surface area contributed by atoms with Gasteiger partial charge in [0.05, 0.1) is 23.1 Å². The maximum Gasteiger partial charge on any atom is 0.490 e. The second kappa shape index (κ2) is 12.2. The summed E-state index contributed by atoms with van der Waals surface area (Å²) in [6.45, 7) is 6.09. The van der Waals surface area contributed by atoms with E-state index in [1.807, 2.05) is 13.8 Å². The van der Waals surface area contributed by atoms with Crippen molar-refractivity contribution >= 4 is 22.9 Å². The molecule has 0 aliphatic heterocycles. The van der Waals surface area contributed by atoms with E-state index in [0.717, 1.165) is 23.7 Å². The molecule has 2 aromatic carbocycles. The highest BCUT2D eigenvalue weighted by Crippen LogP contribution is 2.36. The molecule has 0 saturated heterocycles. The van der Waals surface area contributed by atoms with E-state index in [-0.39, 0.29) is 29.7 Å². The Balaban J connectivity index is 0.000000638. The molecule has 0 aliphatic carbocycles. The number of amides is 1. The van der Waals surface area contributed by atoms with Crippen molar-refractivity contribution in [3.63, 3.8) is 0 Å². The van der Waals surface area contributed by atoms with E-state index >= 15 is 0 Å². The van der Waals surface area contributed by atoms with Crippen LogP contribution < -0.4 is 11.4 Å². The standard InChI is InChI=1S/C22H25F3N4O2.C2HF3O2/c1-3-27(4-2)10-11-28-18-13-16(20(26)30)12-17(22(23,24)25)19(18)29(21(28)31)14-15-8-6-5-7-9-15;3-2(4,5)1(6)7/h5-9,12-13H,3-4,10-11,14H2,1-2H3,(H2,26,30);(H,6,7). The van der Waals surface area contributed by atoms with E-state index in [1.165, 1.54) is 10.6 Å². The van der Waals surface area contributed by atoms with Crippen molar-refractivity contribution in [2.45, 2.75) is 39.3 Å². The summed E-state index contributed by atoms with van der Waals surface area (Å²) >= 11 is 0. The highest BCUT2D eigenvalue weighted by atomic mass is 19.4. The lowest BCUT2D eigenvalue weighted by atomic mass is 10.1. The molecule has 1 heterocycles. The molecule has 0 atom stereocenters. The number of alkyl halides is 6. The summed E-state index contributed by atoms with van der Waals surface area (Å²) in [6, 6.07) is 10.8. The van der Waals surface area contributed by atoms with E-state index in [0.29, 0.717) is 12.1 Å². The topological polar surface area (TPSA) is 111 Å². The van der Waals surface area contributed by atoms with Crippen LogP contribution >= 0.6 is 0 Å². The number of likely N-dealkylation sites (N-methyl/N-ethyl adjacent to an activating group) is 1. The zero-order chi connectivity index (χ0) is 28.8. The minimum absolute atomic E-state index is 0.0204. The summed E-state index contributed by atoms with van der Waals surface area (Å²) in [6.07, 6.45) is -9.85. The predicted octanol–water partition coefficient (Wildman–Crippen LogP) is 3.94. The lowest BCUT2D eigenvalue weighted by Crippen LogP contribution is -2.32. The van der Waals surface area contributed by atoms with Crippen molar-refractivity contribution in [3.8, 4) is 0 Å². The molecule has 3 aromatic rings. The van der Waals surface area contributed by atoms with Gasteiger partial charge in [-0.05, 0) is 30.8 Å². The number of fused-ring (bicyclic) bond motifs is 1. The number of rotatable bonds is 8. The third-order valence-electron chi connectivity index (χ3n) is 5.66. The molecule has 1 aromatic heterocycles. The van der Waals surface area contributed by atoms with Crippen LogP contribution in [0.4, 0.5) is 26.3 Å². The van der Waals surface area contributed by atoms with Gasteiger partial charge >= 0.3 is 24.0 Å². The fourth-order valence-electron chi connectivity index (χ4n) is 3.72. The number of carbonyl (C=O) groups excluding carboxylic acids is 1. The quantitative estimate of drug-likeness (QED) is 0.415. The summed E-state index contributed by atoms with van der Waals surface area (Å²) < 4.78 is 76.0. The monoisotopic (exact) mass is 548 g/mol. The van der Waals surface area contributed by atoms with Gasteiger partial charge in [-0.2, -0.15) is 26.3 Å². The second-order valence-electron chi connectivity index (χ2n) is 8.09. The number of carboxylic acids is 1. The summed E-state index contributed by atoms with van der Waals surface area (Å²) in [5, 5.41) is 7.12. The third kappa shape index (κ3) is 7.37. The number of imidazole rings is 1. The van der Waals surface area contributed by atoms with Gasteiger partial charge < -0.3 is 15.7 Å². The summed E-state index contributed by atoms with van der Waals surface area (Å²) in [4.78, 5) is 36.0. The first kappa shape index (κ1) is 30.4. The number of aliphatic carboxylic acids is 1. The number of nitrogens with zero attached hydrogens (tertiary/aromatic N) is 3. The first-order chi connectivity index (χ1) is 17.6. The molecule has 0 radical (unpaired) electrons. The Labute approximate surface area is 212 Å². The van der Waals surface area contributed by atoms with Crippen molar-refractivity contribution in [2.24, 2.45) is 5.73 Å². The van der Waals surface area contributed by atoms with E-state index in [4.69, 9.17) is 15.6 Å². The van der Waals surface area contributed by atoms with Crippen LogP contribution in [-0.4, -0.2) is 56.8 Å². The van der Waals surface area contributed by atoms with Gasteiger partial charge in [-0.3, -0.25) is 13.9 Å². The van der Waals surface area contributed by atoms with Crippen molar-refractivity contribution < 1.29 is 41.0 Å². The lowest BCUT2D eigenvalue weighted by molar-refractivity contribution is -0.192. The molecule has 0 fully saturated rings. The Morgan fingerprint density at radius 1 is 0.974 bits per heavy atom. The zero-order valence-electron chi connectivity index (χ0n) is 20.4. The van der Waals surface area contributed by atoms with Crippen LogP contribution in [0, 0.1) is 0 Å². The minimum Gasteiger partial charge on any atom is -0.475 e. The predicted molar refractivity (Wildman–Crippen MR) is 127 cm³/mol. The van der Waals surface area contributed by atoms with Crippen LogP contribution in [0.3, 0.4) is 0 Å². The second-order valence-corrected chi connectivity index (χ2v) is 8.09. The van der Waals surface area contributed by atoms with Gasteiger partial charge in [-0.15, -0.1) is 0 Å². The summed E-state index contributed by atoms with van der Waals surface area (Å²) in [5.41, 5.74) is 3.90. The van der Waals surface area contributed by atoms with Gasteiger partial charge in [0.15, 0.2) is 0 Å². The zero-order valence-corrected chi connectivity index (χ0v) is 20.4. The lowest BCUT2D eigenvalue weighted by Gasteiger charge is -2.18. The normalized spacial score (nSPS) is 11.9. The fourth-order valence-corrected chi connectivity index (χ4v) is 3.72. The molecule has 0 bridgehead atoms. The molecule has 3 rings (SSSR count). The van der Waals surface area contributed by atoms with Crippen LogP contribution in [0.15, 0.2) is 47.3 Å². The number of hydrogen-bond donors (Lipinski definition) is 2. The smallest absolute Gasteiger partial charge is 0.475 e. The summed E-state index contributed by atoms with van der Waals surface area (Å²) in [5.74, 6) is -3.74. The number of nitrogens with two attached hydrogens (primary N) is 1. The number of benzene rings is 2. The molecular weight excluding hydrogens is 522 g/mol. The molecule has 0 saturated carbocycles. The Morgan fingerprint density at radius 3 is 1.97 bits per heavy atom. The third-order valence-corrected chi connectivity index (χ3v) is 5.66. The molecule has 14 heteroatoms. The minimum atomic E-state index is -5.08. The van der Waals surface area contributed by atoms with Gasteiger partial charge in [0.1, 0.15) is 0 Å². The van der Waals surface area contributed by atoms with Gasteiger partial charge in [-0.1, -0.05) is 44.2 Å². The number of halogens is 6. The maximum absolute atomic E-state index is 14.0. The van der Waals surface area contributed by atoms with Crippen LogP contribution in [0.2, 0.25) is 0 Å². The maximum atomic E-state index is 14.0. The van der Waals surface area contributed by atoms with E-state index in [1.54, 1.807) is 30.3 Å². The largest absolute Gasteiger partial charge is 0.490 e. The van der Waals surface area contributed by atoms with Crippen LogP contribution in [0.5, 0.6) is 0 Å². The summed E-state index contributed by atoms with van der Waals surface area (Å²) in [7, 11) is 0. The molecule has 8 nitrogen and oxygen atoms in total. The van der Waals surface area contributed by atoms with Crippen molar-refractivity contribution in [1.82, 2.24) is 14.0 Å². The molecule has 38 heavy (non-hydrogen) atoms.